The third kappa shape index (κ3) is 8.14. The lowest BCUT2D eigenvalue weighted by Gasteiger charge is -2.33. The number of carbonyl (C=O) groups excluding carboxylic acids is 2. The summed E-state index contributed by atoms with van der Waals surface area (Å²) in [6.45, 7) is 7.32. The van der Waals surface area contributed by atoms with Gasteiger partial charge in [0.05, 0.1) is 24.3 Å². The Morgan fingerprint density at radius 3 is 1.34 bits per heavy atom. The molecule has 32 heavy (non-hydrogen) atoms. The van der Waals surface area contributed by atoms with E-state index in [1.54, 1.807) is 24.3 Å². The minimum atomic E-state index is -0.274. The topological polar surface area (TPSA) is 52.6 Å². The van der Waals surface area contributed by atoms with Gasteiger partial charge in [0.1, 0.15) is 0 Å². The summed E-state index contributed by atoms with van der Waals surface area (Å²) >= 11 is 0. The third-order valence-corrected chi connectivity index (χ3v) is 6.03. The number of esters is 2. The van der Waals surface area contributed by atoms with Crippen LogP contribution in [0.3, 0.4) is 0 Å². The summed E-state index contributed by atoms with van der Waals surface area (Å²) in [6.07, 6.45) is 6.09. The molecule has 4 nitrogen and oxygen atoms in total. The van der Waals surface area contributed by atoms with Crippen LogP contribution in [0.25, 0.3) is 0 Å². The maximum Gasteiger partial charge on any atom is 0.338 e. The molecule has 4 heteroatoms. The molecular weight excluding hydrogens is 400 g/mol. The van der Waals surface area contributed by atoms with E-state index in [1.165, 1.54) is 0 Å². The highest BCUT2D eigenvalue weighted by Crippen LogP contribution is 2.33. The van der Waals surface area contributed by atoms with E-state index in [9.17, 15) is 9.59 Å². The van der Waals surface area contributed by atoms with Crippen molar-refractivity contribution in [1.82, 2.24) is 0 Å². The second kappa shape index (κ2) is 14.4. The SMILES string of the molecule is CCCC(COC(=O)c1ccccc1)C(CCC)C(CCC)COC(=O)c1ccccc1. The fourth-order valence-electron chi connectivity index (χ4n) is 4.45. The molecule has 2 unspecified atom stereocenters. The number of hydrogen-bond donors (Lipinski definition) is 0. The first kappa shape index (κ1) is 25.6. The Kier molecular flexibility index (Phi) is 11.6. The van der Waals surface area contributed by atoms with Gasteiger partial charge in [0.25, 0.3) is 0 Å². The van der Waals surface area contributed by atoms with Crippen molar-refractivity contribution in [1.29, 1.82) is 0 Å². The van der Waals surface area contributed by atoms with Gasteiger partial charge in [-0.3, -0.25) is 0 Å². The Bertz CT molecular complexity index is 722. The standard InChI is InChI=1S/C28H38O4/c1-4-13-24(20-31-27(29)22-16-9-7-10-17-22)26(15-6-3)25(14-5-2)21-32-28(30)23-18-11-8-12-19-23/h7-12,16-19,24-26H,4-6,13-15,20-21H2,1-3H3. The van der Waals surface area contributed by atoms with E-state index in [0.29, 0.717) is 30.3 Å². The predicted octanol–water partition coefficient (Wildman–Crippen LogP) is 6.95. The van der Waals surface area contributed by atoms with Crippen molar-refractivity contribution in [2.45, 2.75) is 59.3 Å². The molecule has 2 aromatic carbocycles. The molecule has 2 atom stereocenters. The van der Waals surface area contributed by atoms with E-state index in [1.807, 2.05) is 36.4 Å². The fraction of sp³-hybridized carbons (Fsp3) is 0.500. The molecule has 0 aliphatic heterocycles. The van der Waals surface area contributed by atoms with Gasteiger partial charge in [-0.15, -0.1) is 0 Å². The highest BCUT2D eigenvalue weighted by Gasteiger charge is 2.30. The molecule has 0 aromatic heterocycles. The smallest absolute Gasteiger partial charge is 0.338 e. The zero-order valence-corrected chi connectivity index (χ0v) is 19.8. The molecule has 0 saturated carbocycles. The summed E-state index contributed by atoms with van der Waals surface area (Å²) in [5.74, 6) is 0.292. The van der Waals surface area contributed by atoms with Gasteiger partial charge >= 0.3 is 11.9 Å². The Hall–Kier alpha value is -2.62. The third-order valence-electron chi connectivity index (χ3n) is 6.03. The molecule has 0 aliphatic rings. The van der Waals surface area contributed by atoms with Gasteiger partial charge in [0.15, 0.2) is 0 Å². The fourth-order valence-corrected chi connectivity index (χ4v) is 4.45. The number of rotatable bonds is 14. The molecule has 0 bridgehead atoms. The van der Waals surface area contributed by atoms with Crippen LogP contribution in [0, 0.1) is 17.8 Å². The van der Waals surface area contributed by atoms with Gasteiger partial charge in [0, 0.05) is 0 Å². The lowest BCUT2D eigenvalue weighted by Crippen LogP contribution is -2.31. The molecule has 0 fully saturated rings. The Balaban J connectivity index is 2.08. The zero-order valence-electron chi connectivity index (χ0n) is 19.8. The molecule has 0 saturated heterocycles. The van der Waals surface area contributed by atoms with Crippen LogP contribution in [0.2, 0.25) is 0 Å². The molecular formula is C28H38O4. The monoisotopic (exact) mass is 438 g/mol. The second-order valence-corrected chi connectivity index (χ2v) is 8.48. The largest absolute Gasteiger partial charge is 0.462 e. The quantitative estimate of drug-likeness (QED) is 0.300. The highest BCUT2D eigenvalue weighted by atomic mass is 16.5. The van der Waals surface area contributed by atoms with Crippen LogP contribution in [0.15, 0.2) is 60.7 Å². The van der Waals surface area contributed by atoms with Gasteiger partial charge in [-0.05, 0) is 61.3 Å². The van der Waals surface area contributed by atoms with Crippen molar-refractivity contribution in [3.8, 4) is 0 Å². The number of benzene rings is 2. The van der Waals surface area contributed by atoms with Gasteiger partial charge in [-0.1, -0.05) is 76.4 Å². The molecule has 2 aromatic rings. The van der Waals surface area contributed by atoms with E-state index >= 15 is 0 Å². The van der Waals surface area contributed by atoms with Crippen molar-refractivity contribution in [2.75, 3.05) is 13.2 Å². The van der Waals surface area contributed by atoms with E-state index in [2.05, 4.69) is 20.8 Å². The van der Waals surface area contributed by atoms with Crippen LogP contribution < -0.4 is 0 Å². The van der Waals surface area contributed by atoms with Crippen LogP contribution in [-0.4, -0.2) is 25.2 Å². The molecule has 0 spiro atoms. The van der Waals surface area contributed by atoms with Gasteiger partial charge < -0.3 is 9.47 Å². The first-order valence-corrected chi connectivity index (χ1v) is 12.0. The Labute approximate surface area is 193 Å². The van der Waals surface area contributed by atoms with Gasteiger partial charge in [-0.25, -0.2) is 9.59 Å². The summed E-state index contributed by atoms with van der Waals surface area (Å²) < 4.78 is 11.5. The van der Waals surface area contributed by atoms with Crippen molar-refractivity contribution in [2.24, 2.45) is 17.8 Å². The van der Waals surface area contributed by atoms with E-state index in [0.717, 1.165) is 38.5 Å². The predicted molar refractivity (Wildman–Crippen MR) is 129 cm³/mol. The summed E-state index contributed by atoms with van der Waals surface area (Å²) in [5, 5.41) is 0. The van der Waals surface area contributed by atoms with E-state index in [-0.39, 0.29) is 23.8 Å². The van der Waals surface area contributed by atoms with Crippen molar-refractivity contribution in [3.63, 3.8) is 0 Å². The second-order valence-electron chi connectivity index (χ2n) is 8.48. The van der Waals surface area contributed by atoms with E-state index < -0.39 is 0 Å². The number of ether oxygens (including phenoxy) is 2. The van der Waals surface area contributed by atoms with Crippen LogP contribution in [0.5, 0.6) is 0 Å². The molecule has 0 N–H and O–H groups in total. The van der Waals surface area contributed by atoms with Crippen LogP contribution >= 0.6 is 0 Å². The van der Waals surface area contributed by atoms with Crippen molar-refractivity contribution >= 4 is 11.9 Å². The molecule has 0 aliphatic carbocycles. The lowest BCUT2D eigenvalue weighted by atomic mass is 9.75. The Morgan fingerprint density at radius 2 is 1.00 bits per heavy atom. The van der Waals surface area contributed by atoms with Crippen molar-refractivity contribution < 1.29 is 19.1 Å². The normalized spacial score (nSPS) is 13.7. The first-order chi connectivity index (χ1) is 15.6. The van der Waals surface area contributed by atoms with Crippen LogP contribution in [0.1, 0.15) is 80.0 Å². The molecule has 174 valence electrons. The van der Waals surface area contributed by atoms with Crippen molar-refractivity contribution in [3.05, 3.63) is 71.8 Å². The average molecular weight is 439 g/mol. The summed E-state index contributed by atoms with van der Waals surface area (Å²) in [6, 6.07) is 18.3. The minimum Gasteiger partial charge on any atom is -0.462 e. The first-order valence-electron chi connectivity index (χ1n) is 12.0. The summed E-state index contributed by atoms with van der Waals surface area (Å²) in [5.41, 5.74) is 1.16. The number of hydrogen-bond acceptors (Lipinski definition) is 4. The molecule has 0 amide bonds. The summed E-state index contributed by atoms with van der Waals surface area (Å²) in [7, 11) is 0. The van der Waals surface area contributed by atoms with Crippen LogP contribution in [-0.2, 0) is 9.47 Å². The average Bonchev–Trinajstić information content (AvgIpc) is 2.84. The number of carbonyl (C=O) groups is 2. The van der Waals surface area contributed by atoms with Crippen LogP contribution in [0.4, 0.5) is 0 Å². The zero-order chi connectivity index (χ0) is 23.2. The minimum absolute atomic E-state index is 0.250. The maximum atomic E-state index is 12.5. The molecule has 0 heterocycles. The molecule has 0 radical (unpaired) electrons. The van der Waals surface area contributed by atoms with E-state index in [4.69, 9.17) is 9.47 Å². The maximum absolute atomic E-state index is 12.5. The molecule has 2 rings (SSSR count). The summed E-state index contributed by atoms with van der Waals surface area (Å²) in [4.78, 5) is 25.0. The Morgan fingerprint density at radius 1 is 0.625 bits per heavy atom. The van der Waals surface area contributed by atoms with Gasteiger partial charge in [0.2, 0.25) is 0 Å². The van der Waals surface area contributed by atoms with Gasteiger partial charge in [-0.2, -0.15) is 0 Å². The lowest BCUT2D eigenvalue weighted by molar-refractivity contribution is 0.0164. The highest BCUT2D eigenvalue weighted by molar-refractivity contribution is 5.89.